The molecule has 0 spiro atoms. The maximum absolute atomic E-state index is 3.59. The van der Waals surface area contributed by atoms with Gasteiger partial charge in [0.05, 0.1) is 0 Å². The van der Waals surface area contributed by atoms with E-state index in [1.165, 1.54) is 35.7 Å². The van der Waals surface area contributed by atoms with Crippen LogP contribution in [-0.4, -0.2) is 11.5 Å². The SMILES string of the molecule is CCCCC(NCC)c1c[nH]c2ccccc12. The van der Waals surface area contributed by atoms with Crippen molar-refractivity contribution in [3.05, 3.63) is 36.0 Å². The van der Waals surface area contributed by atoms with E-state index in [9.17, 15) is 0 Å². The molecule has 1 unspecified atom stereocenters. The molecule has 0 amide bonds. The number of para-hydroxylation sites is 1. The Bertz CT molecular complexity index is 459. The molecule has 0 aliphatic heterocycles. The summed E-state index contributed by atoms with van der Waals surface area (Å²) >= 11 is 0. The maximum atomic E-state index is 3.59. The summed E-state index contributed by atoms with van der Waals surface area (Å²) in [5.41, 5.74) is 2.65. The van der Waals surface area contributed by atoms with Gasteiger partial charge in [-0.2, -0.15) is 0 Å². The Morgan fingerprint density at radius 2 is 2.06 bits per heavy atom. The summed E-state index contributed by atoms with van der Waals surface area (Å²) in [5.74, 6) is 0. The van der Waals surface area contributed by atoms with E-state index in [4.69, 9.17) is 0 Å². The highest BCUT2D eigenvalue weighted by Crippen LogP contribution is 2.27. The summed E-state index contributed by atoms with van der Waals surface area (Å²) in [5, 5.41) is 4.95. The van der Waals surface area contributed by atoms with Crippen molar-refractivity contribution >= 4 is 10.9 Å². The van der Waals surface area contributed by atoms with Crippen molar-refractivity contribution in [2.45, 2.75) is 39.2 Å². The fraction of sp³-hybridized carbons (Fsp3) is 0.467. The highest BCUT2D eigenvalue weighted by Gasteiger charge is 2.13. The summed E-state index contributed by atoms with van der Waals surface area (Å²) in [6.07, 6.45) is 5.90. The smallest absolute Gasteiger partial charge is 0.0457 e. The third kappa shape index (κ3) is 2.70. The molecule has 1 atom stereocenters. The number of rotatable bonds is 6. The molecule has 2 N–H and O–H groups in total. The molecule has 0 bridgehead atoms. The minimum absolute atomic E-state index is 0.482. The number of H-pyrrole nitrogens is 1. The first-order valence-electron chi connectivity index (χ1n) is 6.66. The molecule has 0 aliphatic rings. The average molecular weight is 230 g/mol. The topological polar surface area (TPSA) is 27.8 Å². The summed E-state index contributed by atoms with van der Waals surface area (Å²) in [7, 11) is 0. The zero-order valence-corrected chi connectivity index (χ0v) is 10.8. The number of hydrogen-bond donors (Lipinski definition) is 2. The largest absolute Gasteiger partial charge is 0.361 e. The molecular weight excluding hydrogens is 208 g/mol. The van der Waals surface area contributed by atoms with Gasteiger partial charge in [-0.3, -0.25) is 0 Å². The minimum Gasteiger partial charge on any atom is -0.361 e. The van der Waals surface area contributed by atoms with E-state index in [1.807, 2.05) is 0 Å². The molecule has 2 heteroatoms. The lowest BCUT2D eigenvalue weighted by atomic mass is 10.0. The Morgan fingerprint density at radius 1 is 1.24 bits per heavy atom. The van der Waals surface area contributed by atoms with Crippen molar-refractivity contribution < 1.29 is 0 Å². The molecule has 2 rings (SSSR count). The molecular formula is C15H22N2. The second-order valence-electron chi connectivity index (χ2n) is 4.54. The Hall–Kier alpha value is -1.28. The van der Waals surface area contributed by atoms with Crippen LogP contribution in [0.3, 0.4) is 0 Å². The molecule has 0 saturated carbocycles. The van der Waals surface area contributed by atoms with E-state index in [0.29, 0.717) is 6.04 Å². The van der Waals surface area contributed by atoms with Crippen LogP contribution in [0.4, 0.5) is 0 Å². The normalized spacial score (nSPS) is 13.1. The molecule has 1 aromatic heterocycles. The van der Waals surface area contributed by atoms with Crippen LogP contribution in [0.5, 0.6) is 0 Å². The predicted molar refractivity (Wildman–Crippen MR) is 74.2 cm³/mol. The number of hydrogen-bond acceptors (Lipinski definition) is 1. The van der Waals surface area contributed by atoms with Gasteiger partial charge >= 0.3 is 0 Å². The molecule has 92 valence electrons. The van der Waals surface area contributed by atoms with Crippen LogP contribution in [0.1, 0.15) is 44.7 Å². The Labute approximate surface area is 103 Å². The van der Waals surface area contributed by atoms with E-state index in [1.54, 1.807) is 0 Å². The lowest BCUT2D eigenvalue weighted by Crippen LogP contribution is -2.20. The van der Waals surface area contributed by atoms with Crippen LogP contribution >= 0.6 is 0 Å². The van der Waals surface area contributed by atoms with Crippen LogP contribution in [0, 0.1) is 0 Å². The van der Waals surface area contributed by atoms with Crippen LogP contribution in [0.15, 0.2) is 30.5 Å². The molecule has 0 aliphatic carbocycles. The van der Waals surface area contributed by atoms with Gasteiger partial charge in [0.2, 0.25) is 0 Å². The molecule has 1 aromatic carbocycles. The van der Waals surface area contributed by atoms with Gasteiger partial charge < -0.3 is 10.3 Å². The highest BCUT2D eigenvalue weighted by atomic mass is 14.9. The summed E-state index contributed by atoms with van der Waals surface area (Å²) < 4.78 is 0. The quantitative estimate of drug-likeness (QED) is 0.771. The Kier molecular flexibility index (Phi) is 4.21. The van der Waals surface area contributed by atoms with E-state index in [0.717, 1.165) is 6.54 Å². The van der Waals surface area contributed by atoms with E-state index < -0.39 is 0 Å². The van der Waals surface area contributed by atoms with Crippen molar-refractivity contribution in [2.75, 3.05) is 6.54 Å². The first kappa shape index (κ1) is 12.2. The summed E-state index contributed by atoms with van der Waals surface area (Å²) in [6.45, 7) is 5.44. The highest BCUT2D eigenvalue weighted by molar-refractivity contribution is 5.83. The zero-order valence-electron chi connectivity index (χ0n) is 10.8. The van der Waals surface area contributed by atoms with Gasteiger partial charge in [-0.25, -0.2) is 0 Å². The fourth-order valence-electron chi connectivity index (χ4n) is 2.40. The number of aromatic amines is 1. The molecule has 2 aromatic rings. The second kappa shape index (κ2) is 5.87. The first-order chi connectivity index (χ1) is 8.36. The average Bonchev–Trinajstić information content (AvgIpc) is 2.78. The number of benzene rings is 1. The standard InChI is InChI=1S/C15H22N2/c1-3-5-9-15(16-4-2)13-11-17-14-10-7-6-8-12(13)14/h6-8,10-11,15-17H,3-5,9H2,1-2H3. The lowest BCUT2D eigenvalue weighted by molar-refractivity contribution is 0.497. The third-order valence-electron chi connectivity index (χ3n) is 3.29. The van der Waals surface area contributed by atoms with Crippen molar-refractivity contribution in [1.82, 2.24) is 10.3 Å². The Balaban J connectivity index is 2.27. The number of nitrogens with one attached hydrogen (secondary N) is 2. The summed E-state index contributed by atoms with van der Waals surface area (Å²) in [6, 6.07) is 9.02. The van der Waals surface area contributed by atoms with Gasteiger partial charge in [0.25, 0.3) is 0 Å². The predicted octanol–water partition coefficient (Wildman–Crippen LogP) is 4.01. The molecule has 17 heavy (non-hydrogen) atoms. The van der Waals surface area contributed by atoms with Gasteiger partial charge in [-0.05, 0) is 24.6 Å². The Morgan fingerprint density at radius 3 is 2.82 bits per heavy atom. The van der Waals surface area contributed by atoms with Gasteiger partial charge in [-0.15, -0.1) is 0 Å². The van der Waals surface area contributed by atoms with E-state index in [2.05, 4.69) is 54.6 Å². The van der Waals surface area contributed by atoms with Crippen molar-refractivity contribution in [2.24, 2.45) is 0 Å². The molecule has 0 saturated heterocycles. The van der Waals surface area contributed by atoms with Crippen molar-refractivity contribution in [3.8, 4) is 0 Å². The minimum atomic E-state index is 0.482. The first-order valence-corrected chi connectivity index (χ1v) is 6.66. The van der Waals surface area contributed by atoms with Gasteiger partial charge in [-0.1, -0.05) is 44.9 Å². The van der Waals surface area contributed by atoms with E-state index in [-0.39, 0.29) is 0 Å². The lowest BCUT2D eigenvalue weighted by Gasteiger charge is -2.17. The monoisotopic (exact) mass is 230 g/mol. The molecule has 2 nitrogen and oxygen atoms in total. The third-order valence-corrected chi connectivity index (χ3v) is 3.29. The van der Waals surface area contributed by atoms with Crippen LogP contribution in [0.2, 0.25) is 0 Å². The van der Waals surface area contributed by atoms with Crippen molar-refractivity contribution in [1.29, 1.82) is 0 Å². The van der Waals surface area contributed by atoms with Gasteiger partial charge in [0.15, 0.2) is 0 Å². The molecule has 0 radical (unpaired) electrons. The molecule has 1 heterocycles. The second-order valence-corrected chi connectivity index (χ2v) is 4.54. The van der Waals surface area contributed by atoms with Crippen molar-refractivity contribution in [3.63, 3.8) is 0 Å². The van der Waals surface area contributed by atoms with Crippen LogP contribution < -0.4 is 5.32 Å². The van der Waals surface area contributed by atoms with Gasteiger partial charge in [0.1, 0.15) is 0 Å². The summed E-state index contributed by atoms with van der Waals surface area (Å²) in [4.78, 5) is 3.36. The van der Waals surface area contributed by atoms with Gasteiger partial charge in [0, 0.05) is 23.1 Å². The van der Waals surface area contributed by atoms with E-state index >= 15 is 0 Å². The van der Waals surface area contributed by atoms with Crippen LogP contribution in [0.25, 0.3) is 10.9 Å². The number of aromatic nitrogens is 1. The molecule has 0 fully saturated rings. The number of unbranched alkanes of at least 4 members (excludes halogenated alkanes) is 1. The number of fused-ring (bicyclic) bond motifs is 1. The van der Waals surface area contributed by atoms with Crippen LogP contribution in [-0.2, 0) is 0 Å². The zero-order chi connectivity index (χ0) is 12.1. The fourth-order valence-corrected chi connectivity index (χ4v) is 2.40. The maximum Gasteiger partial charge on any atom is 0.0457 e.